The summed E-state index contributed by atoms with van der Waals surface area (Å²) in [5.74, 6) is 1.49. The maximum atomic E-state index is 5.73. The molecule has 2 rings (SSSR count). The van der Waals surface area contributed by atoms with E-state index in [2.05, 4.69) is 4.90 Å². The van der Waals surface area contributed by atoms with Gasteiger partial charge in [0.15, 0.2) is 0 Å². The fraction of sp³-hybridized carbons (Fsp3) is 0.538. The number of hydrogen-bond donors (Lipinski definition) is 0. The molecule has 0 amide bonds. The normalized spacial score (nSPS) is 17.3. The molecular formula is C13H18ClNO. The summed E-state index contributed by atoms with van der Waals surface area (Å²) in [5.41, 5.74) is 1.13. The maximum Gasteiger partial charge on any atom is 0.142 e. The van der Waals surface area contributed by atoms with Gasteiger partial charge in [0, 0.05) is 19.0 Å². The van der Waals surface area contributed by atoms with Crippen LogP contribution in [0.3, 0.4) is 0 Å². The SMILES string of the molecule is ClCc1ccc(OCN2CCCCC2)cc1. The fourth-order valence-corrected chi connectivity index (χ4v) is 2.11. The van der Waals surface area contributed by atoms with Crippen LogP contribution in [0.1, 0.15) is 24.8 Å². The predicted octanol–water partition coefficient (Wildman–Crippen LogP) is 3.25. The van der Waals surface area contributed by atoms with Crippen LogP contribution in [0.4, 0.5) is 0 Å². The second-order valence-corrected chi connectivity index (χ2v) is 4.50. The molecule has 88 valence electrons. The number of halogens is 1. The zero-order valence-corrected chi connectivity index (χ0v) is 10.2. The van der Waals surface area contributed by atoms with Crippen LogP contribution in [0, 0.1) is 0 Å². The van der Waals surface area contributed by atoms with E-state index in [1.165, 1.54) is 32.4 Å². The third kappa shape index (κ3) is 3.39. The quantitative estimate of drug-likeness (QED) is 0.748. The molecule has 0 atom stereocenters. The number of hydrogen-bond acceptors (Lipinski definition) is 2. The predicted molar refractivity (Wildman–Crippen MR) is 66.9 cm³/mol. The minimum Gasteiger partial charge on any atom is -0.478 e. The van der Waals surface area contributed by atoms with E-state index in [0.717, 1.165) is 11.3 Å². The van der Waals surface area contributed by atoms with Gasteiger partial charge in [-0.2, -0.15) is 0 Å². The van der Waals surface area contributed by atoms with Crippen LogP contribution >= 0.6 is 11.6 Å². The van der Waals surface area contributed by atoms with Gasteiger partial charge < -0.3 is 4.74 Å². The van der Waals surface area contributed by atoms with E-state index in [1.807, 2.05) is 24.3 Å². The number of nitrogens with zero attached hydrogens (tertiary/aromatic N) is 1. The van der Waals surface area contributed by atoms with Crippen molar-refractivity contribution in [2.45, 2.75) is 25.1 Å². The minimum atomic E-state index is 0.562. The van der Waals surface area contributed by atoms with Gasteiger partial charge in [-0.3, -0.25) is 4.90 Å². The summed E-state index contributed by atoms with van der Waals surface area (Å²) in [6.45, 7) is 3.04. The molecule has 0 spiro atoms. The first-order valence-corrected chi connectivity index (χ1v) is 6.42. The molecule has 2 nitrogen and oxygen atoms in total. The first-order valence-electron chi connectivity index (χ1n) is 5.88. The number of ether oxygens (including phenoxy) is 1. The molecule has 1 saturated heterocycles. The molecule has 1 aromatic carbocycles. The van der Waals surface area contributed by atoms with Crippen molar-refractivity contribution in [2.24, 2.45) is 0 Å². The van der Waals surface area contributed by atoms with Crippen LogP contribution in [-0.2, 0) is 5.88 Å². The lowest BCUT2D eigenvalue weighted by Crippen LogP contribution is -2.33. The van der Waals surface area contributed by atoms with Gasteiger partial charge in [0.2, 0.25) is 0 Å². The fourth-order valence-electron chi connectivity index (χ4n) is 1.93. The smallest absolute Gasteiger partial charge is 0.142 e. The van der Waals surface area contributed by atoms with Crippen molar-refractivity contribution in [3.63, 3.8) is 0 Å². The molecule has 0 saturated carbocycles. The van der Waals surface area contributed by atoms with Crippen molar-refractivity contribution >= 4 is 11.6 Å². The lowest BCUT2D eigenvalue weighted by Gasteiger charge is -2.26. The van der Waals surface area contributed by atoms with E-state index in [1.54, 1.807) is 0 Å². The monoisotopic (exact) mass is 239 g/mol. The van der Waals surface area contributed by atoms with Gasteiger partial charge in [0.25, 0.3) is 0 Å². The van der Waals surface area contributed by atoms with E-state index >= 15 is 0 Å². The topological polar surface area (TPSA) is 12.5 Å². The Labute approximate surface area is 102 Å². The van der Waals surface area contributed by atoms with Gasteiger partial charge in [0.05, 0.1) is 0 Å². The van der Waals surface area contributed by atoms with Crippen molar-refractivity contribution in [3.05, 3.63) is 29.8 Å². The van der Waals surface area contributed by atoms with Crippen molar-refractivity contribution in [2.75, 3.05) is 19.8 Å². The van der Waals surface area contributed by atoms with Crippen molar-refractivity contribution in [1.29, 1.82) is 0 Å². The Kier molecular flexibility index (Phi) is 4.49. The van der Waals surface area contributed by atoms with E-state index in [4.69, 9.17) is 16.3 Å². The van der Waals surface area contributed by atoms with Gasteiger partial charge in [0.1, 0.15) is 12.5 Å². The minimum absolute atomic E-state index is 0.562. The Balaban J connectivity index is 1.79. The van der Waals surface area contributed by atoms with Crippen LogP contribution in [0.25, 0.3) is 0 Å². The Morgan fingerprint density at radius 1 is 1.06 bits per heavy atom. The summed E-state index contributed by atoms with van der Waals surface area (Å²) < 4.78 is 5.73. The van der Waals surface area contributed by atoms with Gasteiger partial charge in [-0.05, 0) is 30.5 Å². The molecular weight excluding hydrogens is 222 g/mol. The van der Waals surface area contributed by atoms with Crippen molar-refractivity contribution < 1.29 is 4.74 Å². The van der Waals surface area contributed by atoms with E-state index < -0.39 is 0 Å². The summed E-state index contributed by atoms with van der Waals surface area (Å²) in [6, 6.07) is 8.00. The highest BCUT2D eigenvalue weighted by Crippen LogP contribution is 2.15. The van der Waals surface area contributed by atoms with Crippen LogP contribution in [-0.4, -0.2) is 24.7 Å². The molecule has 1 aromatic rings. The molecule has 0 N–H and O–H groups in total. The van der Waals surface area contributed by atoms with Crippen LogP contribution in [0.2, 0.25) is 0 Å². The summed E-state index contributed by atoms with van der Waals surface area (Å²) in [5, 5.41) is 0. The Bertz CT molecular complexity index is 306. The molecule has 0 radical (unpaired) electrons. The second-order valence-electron chi connectivity index (χ2n) is 4.23. The van der Waals surface area contributed by atoms with Gasteiger partial charge in [-0.1, -0.05) is 18.6 Å². The third-order valence-electron chi connectivity index (χ3n) is 2.94. The molecule has 0 unspecified atom stereocenters. The van der Waals surface area contributed by atoms with Gasteiger partial charge in [-0.25, -0.2) is 0 Å². The number of rotatable bonds is 4. The summed E-state index contributed by atoms with van der Waals surface area (Å²) >= 11 is 5.73. The zero-order chi connectivity index (χ0) is 11.2. The summed E-state index contributed by atoms with van der Waals surface area (Å²) in [4.78, 5) is 2.36. The Morgan fingerprint density at radius 3 is 2.38 bits per heavy atom. The molecule has 1 fully saturated rings. The molecule has 1 aliphatic rings. The standard InChI is InChI=1S/C13H18ClNO/c14-10-12-4-6-13(7-5-12)16-11-15-8-2-1-3-9-15/h4-7H,1-3,8-11H2. The average molecular weight is 240 g/mol. The maximum absolute atomic E-state index is 5.73. The molecule has 1 aliphatic heterocycles. The molecule has 3 heteroatoms. The summed E-state index contributed by atoms with van der Waals surface area (Å²) in [7, 11) is 0. The third-order valence-corrected chi connectivity index (χ3v) is 3.25. The van der Waals surface area contributed by atoms with Gasteiger partial charge >= 0.3 is 0 Å². The highest BCUT2D eigenvalue weighted by atomic mass is 35.5. The summed E-state index contributed by atoms with van der Waals surface area (Å²) in [6.07, 6.45) is 3.96. The Hall–Kier alpha value is -0.730. The molecule has 0 aromatic heterocycles. The van der Waals surface area contributed by atoms with Crippen LogP contribution in [0.15, 0.2) is 24.3 Å². The number of alkyl halides is 1. The average Bonchev–Trinajstić information content (AvgIpc) is 2.38. The highest BCUT2D eigenvalue weighted by Gasteiger charge is 2.09. The molecule has 16 heavy (non-hydrogen) atoms. The zero-order valence-electron chi connectivity index (χ0n) is 9.49. The van der Waals surface area contributed by atoms with Crippen LogP contribution < -0.4 is 4.74 Å². The Morgan fingerprint density at radius 2 is 1.75 bits per heavy atom. The first kappa shape index (κ1) is 11.7. The van der Waals surface area contributed by atoms with E-state index in [0.29, 0.717) is 12.6 Å². The molecule has 0 aliphatic carbocycles. The largest absolute Gasteiger partial charge is 0.478 e. The highest BCUT2D eigenvalue weighted by molar-refractivity contribution is 6.17. The lowest BCUT2D eigenvalue weighted by molar-refractivity contribution is 0.106. The van der Waals surface area contributed by atoms with E-state index in [-0.39, 0.29) is 0 Å². The van der Waals surface area contributed by atoms with E-state index in [9.17, 15) is 0 Å². The number of likely N-dealkylation sites (tertiary alicyclic amines) is 1. The number of benzene rings is 1. The molecule has 0 bridgehead atoms. The van der Waals surface area contributed by atoms with Crippen molar-refractivity contribution in [3.8, 4) is 5.75 Å². The number of piperidine rings is 1. The molecule has 1 heterocycles. The second kappa shape index (κ2) is 6.12. The lowest BCUT2D eigenvalue weighted by atomic mass is 10.1. The van der Waals surface area contributed by atoms with Gasteiger partial charge in [-0.15, -0.1) is 11.6 Å². The first-order chi connectivity index (χ1) is 7.88. The van der Waals surface area contributed by atoms with Crippen molar-refractivity contribution in [1.82, 2.24) is 4.90 Å². The van der Waals surface area contributed by atoms with Crippen LogP contribution in [0.5, 0.6) is 5.75 Å².